The molecule has 29 heavy (non-hydrogen) atoms. The Hall–Kier alpha value is -3.29. The second-order valence-electron chi connectivity index (χ2n) is 6.74. The van der Waals surface area contributed by atoms with Crippen molar-refractivity contribution in [3.63, 3.8) is 0 Å². The zero-order valence-electron chi connectivity index (χ0n) is 15.7. The van der Waals surface area contributed by atoms with Crippen LogP contribution in [0.25, 0.3) is 16.6 Å². The van der Waals surface area contributed by atoms with E-state index < -0.39 is 11.7 Å². The third-order valence-electron chi connectivity index (χ3n) is 4.65. The van der Waals surface area contributed by atoms with Crippen molar-refractivity contribution in [1.82, 2.24) is 20.0 Å². The van der Waals surface area contributed by atoms with Crippen molar-refractivity contribution in [3.8, 4) is 11.4 Å². The van der Waals surface area contributed by atoms with E-state index >= 15 is 0 Å². The van der Waals surface area contributed by atoms with E-state index in [1.54, 1.807) is 0 Å². The molecule has 8 heteroatoms. The van der Waals surface area contributed by atoms with Crippen molar-refractivity contribution in [2.24, 2.45) is 0 Å². The highest BCUT2D eigenvalue weighted by atomic mass is 19.4. The molecule has 0 saturated carbocycles. The summed E-state index contributed by atoms with van der Waals surface area (Å²) in [5, 5.41) is 9.83. The summed E-state index contributed by atoms with van der Waals surface area (Å²) in [6.45, 7) is 2.37. The number of fused-ring (bicyclic) bond motifs is 1. The van der Waals surface area contributed by atoms with Gasteiger partial charge in [-0.2, -0.15) is 28.2 Å². The van der Waals surface area contributed by atoms with Crippen LogP contribution in [0.4, 0.5) is 13.2 Å². The maximum atomic E-state index is 12.7. The Labute approximate surface area is 165 Å². The Balaban J connectivity index is 1.35. The maximum absolute atomic E-state index is 12.7. The van der Waals surface area contributed by atoms with Crippen LogP contribution in [0.3, 0.4) is 0 Å². The van der Waals surface area contributed by atoms with Crippen molar-refractivity contribution in [2.75, 3.05) is 6.61 Å². The number of alkyl halides is 3. The predicted molar refractivity (Wildman–Crippen MR) is 103 cm³/mol. The molecule has 5 nitrogen and oxygen atoms in total. The van der Waals surface area contributed by atoms with Crippen LogP contribution in [0.15, 0.2) is 54.7 Å². The molecule has 2 aromatic heterocycles. The molecule has 4 aromatic rings. The summed E-state index contributed by atoms with van der Waals surface area (Å²) >= 11 is 0. The molecule has 0 fully saturated rings. The first-order chi connectivity index (χ1) is 13.9. The van der Waals surface area contributed by atoms with Gasteiger partial charge in [-0.15, -0.1) is 0 Å². The summed E-state index contributed by atoms with van der Waals surface area (Å²) in [4.78, 5) is 4.51. The number of nitrogens with zero attached hydrogens (tertiary/aromatic N) is 3. The Morgan fingerprint density at radius 1 is 1.03 bits per heavy atom. The first-order valence-electron chi connectivity index (χ1n) is 9.20. The van der Waals surface area contributed by atoms with Gasteiger partial charge in [0.15, 0.2) is 0 Å². The molecule has 0 unspecified atom stereocenters. The van der Waals surface area contributed by atoms with E-state index in [2.05, 4.69) is 15.2 Å². The molecule has 0 saturated heterocycles. The highest BCUT2D eigenvalue weighted by Gasteiger charge is 2.30. The van der Waals surface area contributed by atoms with Gasteiger partial charge in [0, 0.05) is 17.1 Å². The Morgan fingerprint density at radius 2 is 1.83 bits per heavy atom. The number of benzene rings is 2. The standard InChI is InChI=1S/C21H19F3N4O/c1-14-19(3-2-12-29-18-8-9-20-15(13-18)10-11-25-20)27-28(26-14)17-6-4-16(5-7-17)21(22,23)24/h4-11,13,25H,2-3,12H2,1H3. The number of aromatic nitrogens is 4. The average Bonchev–Trinajstić information content (AvgIpc) is 3.31. The van der Waals surface area contributed by atoms with Gasteiger partial charge in [-0.25, -0.2) is 0 Å². The van der Waals surface area contributed by atoms with Gasteiger partial charge in [-0.3, -0.25) is 0 Å². The summed E-state index contributed by atoms with van der Waals surface area (Å²) in [6.07, 6.45) is -1.06. The molecular weight excluding hydrogens is 381 g/mol. The summed E-state index contributed by atoms with van der Waals surface area (Å²) in [7, 11) is 0. The lowest BCUT2D eigenvalue weighted by atomic mass is 10.2. The first-order valence-corrected chi connectivity index (χ1v) is 9.20. The molecule has 0 bridgehead atoms. The van der Waals surface area contributed by atoms with E-state index in [1.807, 2.05) is 37.4 Å². The van der Waals surface area contributed by atoms with Gasteiger partial charge < -0.3 is 9.72 Å². The SMILES string of the molecule is Cc1nn(-c2ccc(C(F)(F)F)cc2)nc1CCCOc1ccc2[nH]ccc2c1. The van der Waals surface area contributed by atoms with Crippen LogP contribution < -0.4 is 4.74 Å². The average molecular weight is 400 g/mol. The van der Waals surface area contributed by atoms with Gasteiger partial charge in [0.05, 0.1) is 29.2 Å². The van der Waals surface area contributed by atoms with Crippen molar-refractivity contribution < 1.29 is 17.9 Å². The van der Waals surface area contributed by atoms with Crippen LogP contribution in [-0.2, 0) is 12.6 Å². The molecule has 2 heterocycles. The minimum absolute atomic E-state index is 0.489. The highest BCUT2D eigenvalue weighted by Crippen LogP contribution is 2.29. The van der Waals surface area contributed by atoms with E-state index in [0.29, 0.717) is 18.7 Å². The predicted octanol–water partition coefficient (Wildman–Crippen LogP) is 5.09. The first kappa shape index (κ1) is 19.0. The molecule has 0 aliphatic rings. The fourth-order valence-electron chi connectivity index (χ4n) is 3.09. The van der Waals surface area contributed by atoms with E-state index in [-0.39, 0.29) is 0 Å². The lowest BCUT2D eigenvalue weighted by Crippen LogP contribution is -2.06. The fraction of sp³-hybridized carbons (Fsp3) is 0.238. The van der Waals surface area contributed by atoms with Crippen molar-refractivity contribution in [1.29, 1.82) is 0 Å². The quantitative estimate of drug-likeness (QED) is 0.459. The molecule has 150 valence electrons. The van der Waals surface area contributed by atoms with Crippen molar-refractivity contribution in [2.45, 2.75) is 25.9 Å². The summed E-state index contributed by atoms with van der Waals surface area (Å²) < 4.78 is 43.9. The number of hydrogen-bond donors (Lipinski definition) is 1. The maximum Gasteiger partial charge on any atom is 0.416 e. The molecule has 4 rings (SSSR count). The van der Waals surface area contributed by atoms with E-state index in [1.165, 1.54) is 16.9 Å². The van der Waals surface area contributed by atoms with E-state index in [0.717, 1.165) is 46.6 Å². The summed E-state index contributed by atoms with van der Waals surface area (Å²) in [5.41, 5.74) is 2.41. The summed E-state index contributed by atoms with van der Waals surface area (Å²) in [6, 6.07) is 12.7. The number of ether oxygens (including phenoxy) is 1. The van der Waals surface area contributed by atoms with Gasteiger partial charge >= 0.3 is 6.18 Å². The topological polar surface area (TPSA) is 55.7 Å². The van der Waals surface area contributed by atoms with E-state index in [4.69, 9.17) is 4.74 Å². The van der Waals surface area contributed by atoms with Crippen molar-refractivity contribution >= 4 is 10.9 Å². The van der Waals surface area contributed by atoms with E-state index in [9.17, 15) is 13.2 Å². The fourth-order valence-corrected chi connectivity index (χ4v) is 3.09. The Kier molecular flexibility index (Phi) is 5.00. The monoisotopic (exact) mass is 400 g/mol. The molecule has 0 amide bonds. The molecule has 0 aliphatic carbocycles. The van der Waals surface area contributed by atoms with Gasteiger partial charge in [0.25, 0.3) is 0 Å². The third-order valence-corrected chi connectivity index (χ3v) is 4.65. The highest BCUT2D eigenvalue weighted by molar-refractivity contribution is 5.80. The van der Waals surface area contributed by atoms with Gasteiger partial charge in [0.1, 0.15) is 5.75 Å². The van der Waals surface area contributed by atoms with Crippen LogP contribution in [0.5, 0.6) is 5.75 Å². The normalized spacial score (nSPS) is 11.9. The van der Waals surface area contributed by atoms with Crippen LogP contribution >= 0.6 is 0 Å². The van der Waals surface area contributed by atoms with Crippen LogP contribution in [-0.4, -0.2) is 26.6 Å². The van der Waals surface area contributed by atoms with Gasteiger partial charge in [-0.05, 0) is 68.3 Å². The van der Waals surface area contributed by atoms with Crippen LogP contribution in [0, 0.1) is 6.92 Å². The third kappa shape index (κ3) is 4.26. The number of nitrogens with one attached hydrogen (secondary N) is 1. The van der Waals surface area contributed by atoms with Crippen molar-refractivity contribution in [3.05, 3.63) is 71.7 Å². The zero-order chi connectivity index (χ0) is 20.4. The second kappa shape index (κ2) is 7.62. The zero-order valence-corrected chi connectivity index (χ0v) is 15.7. The smallest absolute Gasteiger partial charge is 0.416 e. The lowest BCUT2D eigenvalue weighted by molar-refractivity contribution is -0.137. The number of rotatable bonds is 6. The lowest BCUT2D eigenvalue weighted by Gasteiger charge is -2.07. The number of halogens is 3. The minimum Gasteiger partial charge on any atom is -0.494 e. The number of H-pyrrole nitrogens is 1. The van der Waals surface area contributed by atoms with Gasteiger partial charge in [0.2, 0.25) is 0 Å². The molecule has 0 radical (unpaired) electrons. The Bertz CT molecular complexity index is 1110. The Morgan fingerprint density at radius 3 is 2.59 bits per heavy atom. The summed E-state index contributed by atoms with van der Waals surface area (Å²) in [5.74, 6) is 0.808. The largest absolute Gasteiger partial charge is 0.494 e. The number of aromatic amines is 1. The second-order valence-corrected chi connectivity index (χ2v) is 6.74. The number of aryl methyl sites for hydroxylation is 2. The molecular formula is C21H19F3N4O. The van der Waals surface area contributed by atoms with Crippen LogP contribution in [0.1, 0.15) is 23.4 Å². The van der Waals surface area contributed by atoms with Gasteiger partial charge in [-0.1, -0.05) is 0 Å². The molecule has 0 aliphatic heterocycles. The molecule has 2 aromatic carbocycles. The minimum atomic E-state index is -4.36. The molecule has 1 N–H and O–H groups in total. The molecule has 0 atom stereocenters. The number of hydrogen-bond acceptors (Lipinski definition) is 3. The van der Waals surface area contributed by atoms with Crippen LogP contribution in [0.2, 0.25) is 0 Å². The molecule has 0 spiro atoms.